The number of aliphatic hydroxyl groups excluding tert-OH is 1. The van der Waals surface area contributed by atoms with Gasteiger partial charge in [-0.2, -0.15) is 8.42 Å². The van der Waals surface area contributed by atoms with Crippen LogP contribution in [0, 0.1) is 46.3 Å². The second-order valence-corrected chi connectivity index (χ2v) is 20.1. The van der Waals surface area contributed by atoms with Crippen molar-refractivity contribution in [2.45, 2.75) is 104 Å². The van der Waals surface area contributed by atoms with Crippen LogP contribution in [0.4, 0.5) is 0 Å². The molecule has 5 N–H and O–H groups in total. The Bertz CT molecular complexity index is 1260. The minimum absolute atomic E-state index is 0.00769. The lowest BCUT2D eigenvalue weighted by atomic mass is 9.43. The minimum atomic E-state index is -4.16. The molecule has 2 amide bonds. The van der Waals surface area contributed by atoms with Crippen LogP contribution in [0.25, 0.3) is 0 Å². The van der Waals surface area contributed by atoms with Gasteiger partial charge in [0.05, 0.1) is 11.9 Å². The lowest BCUT2D eigenvalue weighted by Gasteiger charge is -2.62. The van der Waals surface area contributed by atoms with E-state index in [2.05, 4.69) is 31.4 Å². The molecule has 0 radical (unpaired) electrons. The fourth-order valence-electron chi connectivity index (χ4n) is 9.90. The number of aliphatic hydroxyl groups is 1. The van der Waals surface area contributed by atoms with Gasteiger partial charge in [0.15, 0.2) is 6.49 Å². The van der Waals surface area contributed by atoms with Crippen LogP contribution in [-0.2, 0) is 40.8 Å². The van der Waals surface area contributed by atoms with Gasteiger partial charge in [-0.1, -0.05) is 20.8 Å². The van der Waals surface area contributed by atoms with E-state index in [9.17, 15) is 32.8 Å². The number of hydrogen-bond acceptors (Lipinski definition) is 8. The van der Waals surface area contributed by atoms with Gasteiger partial charge in [0.25, 0.3) is 10.1 Å². The summed E-state index contributed by atoms with van der Waals surface area (Å²) in [7, 11) is -4.16. The maximum absolute atomic E-state index is 12.6. The van der Waals surface area contributed by atoms with Crippen molar-refractivity contribution >= 4 is 46.0 Å². The van der Waals surface area contributed by atoms with Crippen molar-refractivity contribution in [3.8, 4) is 0 Å². The Morgan fingerprint density at radius 3 is 2.36 bits per heavy atom. The van der Waals surface area contributed by atoms with Crippen molar-refractivity contribution in [1.29, 1.82) is 0 Å². The molecule has 4 aliphatic carbocycles. The number of hydrogen-bond donors (Lipinski definition) is 5. The van der Waals surface area contributed by atoms with E-state index >= 15 is 0 Å². The fourth-order valence-corrected chi connectivity index (χ4v) is 10.8. The molecule has 4 aliphatic rings. The first kappa shape index (κ1) is 35.9. The Kier molecular flexibility index (Phi) is 11.1. The molecule has 11 atom stereocenters. The lowest BCUT2D eigenvalue weighted by Crippen LogP contribution is -2.59. The normalized spacial score (nSPS) is 38.8. The predicted molar refractivity (Wildman–Crippen MR) is 169 cm³/mol. The molecule has 0 saturated heterocycles. The zero-order chi connectivity index (χ0) is 32.7. The summed E-state index contributed by atoms with van der Waals surface area (Å²) in [5.41, 5.74) is 0.0641. The topological polar surface area (TPSA) is 179 Å². The Morgan fingerprint density at radius 2 is 1.70 bits per heavy atom. The third-order valence-electron chi connectivity index (χ3n) is 11.9. The third-order valence-corrected chi connectivity index (χ3v) is 13.5. The van der Waals surface area contributed by atoms with Gasteiger partial charge >= 0.3 is 0 Å². The highest BCUT2D eigenvalue weighted by atomic mass is 32.5. The van der Waals surface area contributed by atoms with Crippen molar-refractivity contribution in [2.24, 2.45) is 46.3 Å². The molecule has 0 aromatic carbocycles. The molecule has 4 fully saturated rings. The van der Waals surface area contributed by atoms with Gasteiger partial charge in [-0.05, 0) is 110 Å². The van der Waals surface area contributed by atoms with E-state index in [0.717, 1.165) is 44.9 Å². The molecular weight excluding hydrogens is 627 g/mol. The summed E-state index contributed by atoms with van der Waals surface area (Å²) < 4.78 is 36.2. The molecule has 0 bridgehead atoms. The number of nitrogens with one attached hydrogen (secondary N) is 2. The average molecular weight is 679 g/mol. The van der Waals surface area contributed by atoms with Crippen LogP contribution < -0.4 is 10.6 Å². The summed E-state index contributed by atoms with van der Waals surface area (Å²) in [5.74, 6) is 0.0964. The summed E-state index contributed by atoms with van der Waals surface area (Å²) in [6.07, 6.45) is 6.65. The third kappa shape index (κ3) is 8.30. The Labute approximate surface area is 267 Å². The SMILES string of the molecule is C[C@@H](CC(=O)CCS(=O)(=O)O)C1CCC2C3C(O)CC4C[C@@H](NC(=O)CC(=O)NCOP(C)(O)=S)CC[C@@]4(C)C3CC[C@]21C. The van der Waals surface area contributed by atoms with Crippen molar-refractivity contribution in [2.75, 3.05) is 19.1 Å². The molecule has 0 aromatic rings. The average Bonchev–Trinajstić information content (AvgIpc) is 3.24. The number of carbonyl (C=O) groups excluding carboxylic acids is 3. The van der Waals surface area contributed by atoms with Crippen LogP contribution in [0.1, 0.15) is 91.4 Å². The Hall–Kier alpha value is -0.950. The molecule has 0 aliphatic heterocycles. The summed E-state index contributed by atoms with van der Waals surface area (Å²) in [5, 5.41) is 17.1. The molecule has 7 unspecified atom stereocenters. The predicted octanol–water partition coefficient (Wildman–Crippen LogP) is 3.39. The smallest absolute Gasteiger partial charge is 0.265 e. The molecule has 0 aromatic heterocycles. The molecule has 11 nitrogen and oxygen atoms in total. The van der Waals surface area contributed by atoms with E-state index in [1.54, 1.807) is 0 Å². The van der Waals surface area contributed by atoms with Crippen LogP contribution in [0.5, 0.6) is 0 Å². The number of Topliss-reactive ketones (excluding diaryl/α,β-unsaturated/α-hetero) is 1. The number of amides is 2. The van der Waals surface area contributed by atoms with Crippen LogP contribution in [0.2, 0.25) is 0 Å². The highest BCUT2D eigenvalue weighted by Crippen LogP contribution is 2.68. The largest absolute Gasteiger partial charge is 0.393 e. The first-order valence-electron chi connectivity index (χ1n) is 16.0. The van der Waals surface area contributed by atoms with Gasteiger partial charge in [0, 0.05) is 25.5 Å². The second-order valence-electron chi connectivity index (χ2n) is 14.7. The molecule has 0 heterocycles. The van der Waals surface area contributed by atoms with Gasteiger partial charge in [0.1, 0.15) is 18.9 Å². The molecule has 44 heavy (non-hydrogen) atoms. The first-order chi connectivity index (χ1) is 20.3. The van der Waals surface area contributed by atoms with Crippen molar-refractivity contribution in [3.63, 3.8) is 0 Å². The highest BCUT2D eigenvalue weighted by molar-refractivity contribution is 8.09. The fraction of sp³-hybridized carbons (Fsp3) is 0.900. The van der Waals surface area contributed by atoms with E-state index in [1.807, 2.05) is 0 Å². The standard InChI is InChI=1S/C30H51N2O9PS2/c1-18(13-21(33)9-12-44(38,39)40)22-5-6-23-28-24(8-11-30(22,23)3)29(2)10-7-20(14-19(29)15-25(28)34)32-27(36)16-26(35)31-17-41-42(4,37)43/h18-20,22-25,28,34H,5-17H2,1-4H3,(H,31,35)(H,32,36)(H,37,43)(H,38,39,40)/t18-,19?,20-,22?,23?,24?,25?,28?,29+,30-,42?/m0/s1. The van der Waals surface area contributed by atoms with Crippen molar-refractivity contribution < 1.29 is 41.9 Å². The minimum Gasteiger partial charge on any atom is -0.393 e. The summed E-state index contributed by atoms with van der Waals surface area (Å²) in [4.78, 5) is 46.8. The van der Waals surface area contributed by atoms with E-state index in [-0.39, 0.29) is 65.9 Å². The van der Waals surface area contributed by atoms with Crippen LogP contribution in [0.15, 0.2) is 0 Å². The summed E-state index contributed by atoms with van der Waals surface area (Å²) in [6, 6.07) is -0.0587. The zero-order valence-electron chi connectivity index (χ0n) is 26.4. The van der Waals surface area contributed by atoms with E-state index in [4.69, 9.17) is 20.9 Å². The van der Waals surface area contributed by atoms with Gasteiger partial charge in [-0.3, -0.25) is 18.9 Å². The number of rotatable bonds is 12. The van der Waals surface area contributed by atoms with Gasteiger partial charge < -0.3 is 25.2 Å². The van der Waals surface area contributed by atoms with Gasteiger partial charge in [-0.15, -0.1) is 0 Å². The van der Waals surface area contributed by atoms with E-state index < -0.39 is 34.4 Å². The van der Waals surface area contributed by atoms with E-state index in [1.165, 1.54) is 6.66 Å². The maximum atomic E-state index is 12.6. The molecular formula is C30H51N2O9PS2. The lowest BCUT2D eigenvalue weighted by molar-refractivity contribution is -0.167. The summed E-state index contributed by atoms with van der Waals surface area (Å²) in [6.45, 7) is 5.04. The number of carbonyl (C=O) groups is 3. The maximum Gasteiger partial charge on any atom is 0.265 e. The second kappa shape index (κ2) is 13.6. The summed E-state index contributed by atoms with van der Waals surface area (Å²) >= 11 is 4.77. The van der Waals surface area contributed by atoms with Gasteiger partial charge in [0.2, 0.25) is 11.8 Å². The highest BCUT2D eigenvalue weighted by Gasteiger charge is 2.63. The Morgan fingerprint density at radius 1 is 1.05 bits per heavy atom. The van der Waals surface area contributed by atoms with Crippen LogP contribution in [0.3, 0.4) is 0 Å². The quantitative estimate of drug-likeness (QED) is 0.0889. The monoisotopic (exact) mass is 678 g/mol. The van der Waals surface area contributed by atoms with Crippen molar-refractivity contribution in [1.82, 2.24) is 10.6 Å². The van der Waals surface area contributed by atoms with Gasteiger partial charge in [-0.25, -0.2) is 0 Å². The molecule has 14 heteroatoms. The molecule has 0 spiro atoms. The zero-order valence-corrected chi connectivity index (χ0v) is 28.9. The first-order valence-corrected chi connectivity index (χ1v) is 20.7. The van der Waals surface area contributed by atoms with Crippen LogP contribution >= 0.6 is 6.49 Å². The van der Waals surface area contributed by atoms with E-state index in [0.29, 0.717) is 30.6 Å². The molecule has 4 saturated carbocycles. The number of fused-ring (bicyclic) bond motifs is 5. The van der Waals surface area contributed by atoms with Crippen molar-refractivity contribution in [3.05, 3.63) is 0 Å². The molecule has 252 valence electrons. The Balaban J connectivity index is 1.34. The van der Waals surface area contributed by atoms with Crippen LogP contribution in [-0.4, -0.2) is 71.9 Å². The number of ketones is 1. The molecule has 4 rings (SSSR count).